The van der Waals surface area contributed by atoms with Crippen molar-refractivity contribution in [2.75, 3.05) is 32.8 Å². The molecule has 0 radical (unpaired) electrons. The monoisotopic (exact) mass is 614 g/mol. The van der Waals surface area contributed by atoms with E-state index in [1.165, 1.54) is 27.8 Å². The maximum absolute atomic E-state index is 13.2. The molecule has 8 rings (SSSR count). The highest BCUT2D eigenvalue weighted by Crippen LogP contribution is 2.44. The van der Waals surface area contributed by atoms with E-state index in [1.807, 2.05) is 18.2 Å². The molecule has 2 fully saturated rings. The number of imidazole rings is 1. The van der Waals surface area contributed by atoms with Crippen molar-refractivity contribution in [1.29, 1.82) is 0 Å². The molecular weight excluding hydrogens is 576 g/mol. The Balaban J connectivity index is 0.929. The lowest BCUT2D eigenvalue weighted by atomic mass is 9.96. The Morgan fingerprint density at radius 2 is 1.59 bits per heavy atom. The molecule has 2 atom stereocenters. The summed E-state index contributed by atoms with van der Waals surface area (Å²) >= 11 is 0. The lowest BCUT2D eigenvalue weighted by molar-refractivity contribution is 0.0899. The van der Waals surface area contributed by atoms with E-state index in [1.54, 1.807) is 15.6 Å². The van der Waals surface area contributed by atoms with E-state index in [0.717, 1.165) is 44.1 Å². The fourth-order valence-corrected chi connectivity index (χ4v) is 7.78. The number of aromatic amines is 1. The average Bonchev–Trinajstić information content (AvgIpc) is 3.78. The van der Waals surface area contributed by atoms with Crippen LogP contribution < -0.4 is 5.56 Å². The Kier molecular flexibility index (Phi) is 7.41. The van der Waals surface area contributed by atoms with E-state index in [0.29, 0.717) is 31.1 Å². The van der Waals surface area contributed by atoms with Crippen molar-refractivity contribution >= 4 is 11.6 Å². The first-order chi connectivity index (χ1) is 22.5. The standard InChI is InChI=1S/C37H38N6O3/c1-24-20-41(21-25-9-3-2-4-10-25)22-31(24)34-39-36(44)33-19-38-35(43(33)40-34)26-15-17-42(18-16-26)37(45)46-23-32-29-13-7-5-11-27(29)28-12-6-8-14-30(28)32/h2-14,19,24,26,31-32H,15-18,20-23H2,1H3,(H,39,40,44). The molecule has 3 aromatic carbocycles. The predicted octanol–water partition coefficient (Wildman–Crippen LogP) is 5.78. The van der Waals surface area contributed by atoms with Crippen LogP contribution in [0.5, 0.6) is 0 Å². The minimum Gasteiger partial charge on any atom is -0.448 e. The highest BCUT2D eigenvalue weighted by Gasteiger charge is 2.35. The lowest BCUT2D eigenvalue weighted by Crippen LogP contribution is -2.39. The average molecular weight is 615 g/mol. The van der Waals surface area contributed by atoms with E-state index in [9.17, 15) is 9.59 Å². The number of H-pyrrole nitrogens is 1. The molecule has 5 aromatic rings. The van der Waals surface area contributed by atoms with E-state index in [-0.39, 0.29) is 29.4 Å². The summed E-state index contributed by atoms with van der Waals surface area (Å²) < 4.78 is 7.68. The number of nitrogens with zero attached hydrogens (tertiary/aromatic N) is 5. The molecule has 2 unspecified atom stereocenters. The Morgan fingerprint density at radius 1 is 0.913 bits per heavy atom. The third kappa shape index (κ3) is 5.18. The zero-order chi connectivity index (χ0) is 31.2. The SMILES string of the molecule is CC1CN(Cc2ccccc2)CC1c1nn2c(C3CCN(C(=O)OCC4c5ccccc5-c5ccccc54)CC3)ncc2c(=O)[nH]1. The van der Waals surface area contributed by atoms with Crippen LogP contribution in [0.4, 0.5) is 4.79 Å². The van der Waals surface area contributed by atoms with Gasteiger partial charge in [-0.1, -0.05) is 85.8 Å². The van der Waals surface area contributed by atoms with Crippen LogP contribution in [0.25, 0.3) is 16.6 Å². The molecule has 0 bridgehead atoms. The molecule has 0 spiro atoms. The highest BCUT2D eigenvalue weighted by molar-refractivity contribution is 5.79. The van der Waals surface area contributed by atoms with Crippen molar-refractivity contribution in [3.05, 3.63) is 124 Å². The van der Waals surface area contributed by atoms with Crippen molar-refractivity contribution in [3.63, 3.8) is 0 Å². The number of amides is 1. The van der Waals surface area contributed by atoms with Crippen molar-refractivity contribution in [1.82, 2.24) is 29.4 Å². The molecule has 3 aliphatic rings. The predicted molar refractivity (Wildman–Crippen MR) is 176 cm³/mol. The first-order valence-corrected chi connectivity index (χ1v) is 16.4. The van der Waals surface area contributed by atoms with Gasteiger partial charge < -0.3 is 14.6 Å². The van der Waals surface area contributed by atoms with Crippen molar-refractivity contribution in [2.45, 2.75) is 44.1 Å². The number of piperidine rings is 1. The summed E-state index contributed by atoms with van der Waals surface area (Å²) in [5.74, 6) is 2.13. The zero-order valence-corrected chi connectivity index (χ0v) is 26.0. The topological polar surface area (TPSA) is 95.8 Å². The fourth-order valence-electron chi connectivity index (χ4n) is 7.78. The Morgan fingerprint density at radius 3 is 2.30 bits per heavy atom. The minimum absolute atomic E-state index is 0.0385. The molecule has 234 valence electrons. The van der Waals surface area contributed by atoms with Crippen LogP contribution in [0.15, 0.2) is 89.9 Å². The number of likely N-dealkylation sites (tertiary alicyclic amines) is 2. The van der Waals surface area contributed by atoms with Crippen LogP contribution in [-0.4, -0.2) is 68.3 Å². The van der Waals surface area contributed by atoms with Gasteiger partial charge in [0.15, 0.2) is 5.52 Å². The number of hydrogen-bond acceptors (Lipinski definition) is 6. The maximum atomic E-state index is 13.2. The normalized spacial score (nSPS) is 20.2. The Labute approximate surface area is 267 Å². The van der Waals surface area contributed by atoms with Crippen molar-refractivity contribution in [2.24, 2.45) is 5.92 Å². The van der Waals surface area contributed by atoms with Crippen molar-refractivity contribution in [3.8, 4) is 11.1 Å². The summed E-state index contributed by atoms with van der Waals surface area (Å²) in [6.45, 7) is 6.36. The molecule has 1 amide bonds. The summed E-state index contributed by atoms with van der Waals surface area (Å²) in [6.07, 6.45) is 2.82. The third-order valence-corrected chi connectivity index (χ3v) is 10.2. The van der Waals surface area contributed by atoms with E-state index < -0.39 is 0 Å². The molecule has 4 heterocycles. The van der Waals surface area contributed by atoms with Gasteiger partial charge in [-0.15, -0.1) is 0 Å². The van der Waals surface area contributed by atoms with Gasteiger partial charge in [-0.2, -0.15) is 5.10 Å². The summed E-state index contributed by atoms with van der Waals surface area (Å²) in [4.78, 5) is 38.4. The number of fused-ring (bicyclic) bond motifs is 4. The molecule has 2 aliphatic heterocycles. The number of ether oxygens (including phenoxy) is 1. The molecule has 9 heteroatoms. The van der Waals surface area contributed by atoms with Gasteiger partial charge in [-0.25, -0.2) is 14.3 Å². The van der Waals surface area contributed by atoms with E-state index in [4.69, 9.17) is 9.84 Å². The molecule has 1 aliphatic carbocycles. The van der Waals surface area contributed by atoms with Crippen LogP contribution >= 0.6 is 0 Å². The first kappa shape index (κ1) is 28.7. The van der Waals surface area contributed by atoms with Crippen LogP contribution in [0, 0.1) is 5.92 Å². The minimum atomic E-state index is -0.277. The van der Waals surface area contributed by atoms with Gasteiger partial charge in [-0.05, 0) is 46.6 Å². The number of aromatic nitrogens is 4. The second-order valence-corrected chi connectivity index (χ2v) is 13.1. The summed E-state index contributed by atoms with van der Waals surface area (Å²) in [5, 5.41) is 4.98. The Hall–Kier alpha value is -4.76. The largest absolute Gasteiger partial charge is 0.448 e. The molecule has 1 N–H and O–H groups in total. The van der Waals surface area contributed by atoms with Crippen LogP contribution in [0.2, 0.25) is 0 Å². The number of hydrogen-bond donors (Lipinski definition) is 1. The third-order valence-electron chi connectivity index (χ3n) is 10.2. The van der Waals surface area contributed by atoms with Crippen LogP contribution in [-0.2, 0) is 11.3 Å². The highest BCUT2D eigenvalue weighted by atomic mass is 16.6. The van der Waals surface area contributed by atoms with E-state index >= 15 is 0 Å². The van der Waals surface area contributed by atoms with Gasteiger partial charge in [0.25, 0.3) is 5.56 Å². The van der Waals surface area contributed by atoms with Gasteiger partial charge in [0.05, 0.1) is 6.20 Å². The number of nitrogens with one attached hydrogen (secondary N) is 1. The quantitative estimate of drug-likeness (QED) is 0.261. The molecular formula is C37H38N6O3. The van der Waals surface area contributed by atoms with Crippen molar-refractivity contribution < 1.29 is 9.53 Å². The summed E-state index contributed by atoms with van der Waals surface area (Å²) in [7, 11) is 0. The van der Waals surface area contributed by atoms with Gasteiger partial charge >= 0.3 is 6.09 Å². The second kappa shape index (κ2) is 11.9. The zero-order valence-electron chi connectivity index (χ0n) is 26.0. The number of carbonyl (C=O) groups excluding carboxylic acids is 1. The fraction of sp³-hybridized carbons (Fsp3) is 0.351. The summed E-state index contributed by atoms with van der Waals surface area (Å²) in [5.41, 5.74) is 6.44. The van der Waals surface area contributed by atoms with Gasteiger partial charge in [-0.3, -0.25) is 9.69 Å². The summed E-state index contributed by atoms with van der Waals surface area (Å²) in [6, 6.07) is 27.2. The van der Waals surface area contributed by atoms with Gasteiger partial charge in [0, 0.05) is 50.5 Å². The smallest absolute Gasteiger partial charge is 0.409 e. The number of carbonyl (C=O) groups is 1. The van der Waals surface area contributed by atoms with E-state index in [2.05, 4.69) is 82.5 Å². The second-order valence-electron chi connectivity index (χ2n) is 13.1. The molecule has 0 saturated carbocycles. The molecule has 9 nitrogen and oxygen atoms in total. The first-order valence-electron chi connectivity index (χ1n) is 16.4. The maximum Gasteiger partial charge on any atom is 0.409 e. The number of benzene rings is 3. The lowest BCUT2D eigenvalue weighted by Gasteiger charge is -2.31. The molecule has 46 heavy (non-hydrogen) atoms. The molecule has 2 saturated heterocycles. The molecule has 2 aromatic heterocycles. The van der Waals surface area contributed by atoms with Gasteiger partial charge in [0.2, 0.25) is 0 Å². The Bertz CT molecular complexity index is 1900. The van der Waals surface area contributed by atoms with Crippen LogP contribution in [0.3, 0.4) is 0 Å². The number of rotatable bonds is 6. The van der Waals surface area contributed by atoms with Crippen LogP contribution in [0.1, 0.15) is 65.9 Å². The van der Waals surface area contributed by atoms with Gasteiger partial charge in [0.1, 0.15) is 18.3 Å².